The van der Waals surface area contributed by atoms with Crippen LogP contribution in [0.4, 0.5) is 0 Å². The van der Waals surface area contributed by atoms with Crippen molar-refractivity contribution in [2.24, 2.45) is 0 Å². The number of benzene rings is 1. The molecule has 0 saturated carbocycles. The Morgan fingerprint density at radius 3 is 2.81 bits per heavy atom. The summed E-state index contributed by atoms with van der Waals surface area (Å²) in [5.41, 5.74) is 2.60. The normalized spacial score (nSPS) is 11.0. The molecule has 136 valence electrons. The quantitative estimate of drug-likeness (QED) is 0.644. The summed E-state index contributed by atoms with van der Waals surface area (Å²) in [4.78, 5) is 16.9. The fraction of sp³-hybridized carbons (Fsp3) is 0.316. The van der Waals surface area contributed by atoms with Crippen molar-refractivity contribution < 1.29 is 9.53 Å². The van der Waals surface area contributed by atoms with E-state index in [9.17, 15) is 4.79 Å². The lowest BCUT2D eigenvalue weighted by Crippen LogP contribution is -2.25. The number of halogens is 1. The van der Waals surface area contributed by atoms with Crippen LogP contribution in [0.15, 0.2) is 36.5 Å². The van der Waals surface area contributed by atoms with Crippen molar-refractivity contribution in [3.05, 3.63) is 52.8 Å². The standard InChI is InChI=1S/C19H21ClN4O2/c1-3-26-11-7-10-21-19(25)15-12-22-18-16(17(15)20)13(2)23-24(18)14-8-5-4-6-9-14/h4-6,8-9,12H,3,7,10-11H2,1-2H3,(H,21,25). The molecule has 0 spiro atoms. The number of amides is 1. The number of aromatic nitrogens is 3. The van der Waals surface area contributed by atoms with E-state index in [-0.39, 0.29) is 5.91 Å². The number of hydrogen-bond acceptors (Lipinski definition) is 4. The minimum atomic E-state index is -0.243. The molecule has 6 nitrogen and oxygen atoms in total. The second kappa shape index (κ2) is 8.29. The summed E-state index contributed by atoms with van der Waals surface area (Å²) in [6, 6.07) is 9.70. The lowest BCUT2D eigenvalue weighted by atomic mass is 10.2. The molecule has 0 fully saturated rings. The number of carbonyl (C=O) groups is 1. The smallest absolute Gasteiger partial charge is 0.254 e. The highest BCUT2D eigenvalue weighted by Gasteiger charge is 2.19. The van der Waals surface area contributed by atoms with Crippen LogP contribution in [-0.2, 0) is 4.74 Å². The SMILES string of the molecule is CCOCCCNC(=O)c1cnc2c(c(C)nn2-c2ccccc2)c1Cl. The number of pyridine rings is 1. The van der Waals surface area contributed by atoms with Crippen molar-refractivity contribution >= 4 is 28.5 Å². The molecule has 0 atom stereocenters. The maximum atomic E-state index is 12.4. The molecule has 2 aromatic heterocycles. The van der Waals surface area contributed by atoms with Crippen molar-refractivity contribution in [1.82, 2.24) is 20.1 Å². The Kier molecular flexibility index (Phi) is 5.85. The first-order valence-corrected chi connectivity index (χ1v) is 8.96. The Morgan fingerprint density at radius 1 is 1.31 bits per heavy atom. The molecule has 2 heterocycles. The Bertz CT molecular complexity index is 909. The molecule has 0 unspecified atom stereocenters. The zero-order valence-corrected chi connectivity index (χ0v) is 15.6. The van der Waals surface area contributed by atoms with Crippen LogP contribution in [0.25, 0.3) is 16.7 Å². The van der Waals surface area contributed by atoms with Gasteiger partial charge >= 0.3 is 0 Å². The molecule has 0 aliphatic carbocycles. The van der Waals surface area contributed by atoms with Gasteiger partial charge in [-0.05, 0) is 32.4 Å². The van der Waals surface area contributed by atoms with Gasteiger partial charge in [-0.1, -0.05) is 29.8 Å². The number of hydrogen-bond donors (Lipinski definition) is 1. The van der Waals surface area contributed by atoms with E-state index in [0.29, 0.717) is 41.4 Å². The van der Waals surface area contributed by atoms with Crippen LogP contribution >= 0.6 is 11.6 Å². The van der Waals surface area contributed by atoms with Crippen LogP contribution in [0.2, 0.25) is 5.02 Å². The molecule has 1 aromatic carbocycles. The summed E-state index contributed by atoms with van der Waals surface area (Å²) < 4.78 is 7.00. The summed E-state index contributed by atoms with van der Waals surface area (Å²) in [5.74, 6) is -0.243. The predicted molar refractivity (Wildman–Crippen MR) is 102 cm³/mol. The largest absolute Gasteiger partial charge is 0.382 e. The highest BCUT2D eigenvalue weighted by atomic mass is 35.5. The first kappa shape index (κ1) is 18.4. The fourth-order valence-corrected chi connectivity index (χ4v) is 3.09. The third-order valence-electron chi connectivity index (χ3n) is 4.01. The zero-order chi connectivity index (χ0) is 18.5. The Morgan fingerprint density at radius 2 is 2.08 bits per heavy atom. The molecule has 0 bridgehead atoms. The lowest BCUT2D eigenvalue weighted by molar-refractivity contribution is 0.0944. The summed E-state index contributed by atoms with van der Waals surface area (Å²) in [5, 5.41) is 8.45. The molecule has 26 heavy (non-hydrogen) atoms. The van der Waals surface area contributed by atoms with Gasteiger partial charge in [0.25, 0.3) is 5.91 Å². The topological polar surface area (TPSA) is 69.0 Å². The Balaban J connectivity index is 1.87. The molecular weight excluding hydrogens is 352 g/mol. The molecule has 3 rings (SSSR count). The van der Waals surface area contributed by atoms with Crippen LogP contribution in [0.5, 0.6) is 0 Å². The second-order valence-corrected chi connectivity index (χ2v) is 6.20. The van der Waals surface area contributed by atoms with Crippen LogP contribution < -0.4 is 5.32 Å². The number of para-hydroxylation sites is 1. The van der Waals surface area contributed by atoms with Gasteiger partial charge in [0.15, 0.2) is 5.65 Å². The molecule has 0 aliphatic rings. The second-order valence-electron chi connectivity index (χ2n) is 5.82. The fourth-order valence-electron chi connectivity index (χ4n) is 2.73. The monoisotopic (exact) mass is 372 g/mol. The molecule has 3 aromatic rings. The number of nitrogens with zero attached hydrogens (tertiary/aromatic N) is 3. The molecule has 0 saturated heterocycles. The maximum Gasteiger partial charge on any atom is 0.254 e. The minimum Gasteiger partial charge on any atom is -0.382 e. The van der Waals surface area contributed by atoms with Gasteiger partial charge in [-0.25, -0.2) is 9.67 Å². The van der Waals surface area contributed by atoms with Crippen molar-refractivity contribution in [1.29, 1.82) is 0 Å². The van der Waals surface area contributed by atoms with Crippen molar-refractivity contribution in [3.8, 4) is 5.69 Å². The van der Waals surface area contributed by atoms with E-state index < -0.39 is 0 Å². The van der Waals surface area contributed by atoms with Gasteiger partial charge in [0.2, 0.25) is 0 Å². The number of carbonyl (C=O) groups excluding carboxylic acids is 1. The van der Waals surface area contributed by atoms with E-state index in [1.807, 2.05) is 44.2 Å². The van der Waals surface area contributed by atoms with E-state index in [2.05, 4.69) is 15.4 Å². The predicted octanol–water partition coefficient (Wildman–Crippen LogP) is 3.54. The Labute approximate surface area is 157 Å². The molecule has 1 amide bonds. The zero-order valence-electron chi connectivity index (χ0n) is 14.8. The highest BCUT2D eigenvalue weighted by molar-refractivity contribution is 6.38. The minimum absolute atomic E-state index is 0.243. The van der Waals surface area contributed by atoms with Crippen molar-refractivity contribution in [3.63, 3.8) is 0 Å². The molecule has 0 radical (unpaired) electrons. The Hall–Kier alpha value is -2.44. The summed E-state index contributed by atoms with van der Waals surface area (Å²) in [6.45, 7) is 5.61. The maximum absolute atomic E-state index is 12.4. The summed E-state index contributed by atoms with van der Waals surface area (Å²) >= 11 is 6.53. The van der Waals surface area contributed by atoms with Gasteiger partial charge in [-0.15, -0.1) is 0 Å². The van der Waals surface area contributed by atoms with Crippen LogP contribution in [0.3, 0.4) is 0 Å². The number of nitrogens with one attached hydrogen (secondary N) is 1. The van der Waals surface area contributed by atoms with Crippen molar-refractivity contribution in [2.45, 2.75) is 20.3 Å². The third kappa shape index (κ3) is 3.71. The van der Waals surface area contributed by atoms with Gasteiger partial charge in [-0.2, -0.15) is 5.10 Å². The van der Waals surface area contributed by atoms with Crippen LogP contribution in [-0.4, -0.2) is 40.4 Å². The van der Waals surface area contributed by atoms with E-state index in [1.54, 1.807) is 4.68 Å². The van der Waals surface area contributed by atoms with Crippen molar-refractivity contribution in [2.75, 3.05) is 19.8 Å². The number of fused-ring (bicyclic) bond motifs is 1. The first-order valence-electron chi connectivity index (χ1n) is 8.58. The van der Waals surface area contributed by atoms with Crippen LogP contribution in [0, 0.1) is 6.92 Å². The van der Waals surface area contributed by atoms with Gasteiger partial charge in [-0.3, -0.25) is 4.79 Å². The van der Waals surface area contributed by atoms with Gasteiger partial charge in [0.1, 0.15) is 0 Å². The average Bonchev–Trinajstić information content (AvgIpc) is 3.00. The molecule has 0 aliphatic heterocycles. The van der Waals surface area contributed by atoms with E-state index in [4.69, 9.17) is 16.3 Å². The molecule has 1 N–H and O–H groups in total. The number of ether oxygens (including phenoxy) is 1. The average molecular weight is 373 g/mol. The van der Waals surface area contributed by atoms with E-state index >= 15 is 0 Å². The summed E-state index contributed by atoms with van der Waals surface area (Å²) in [7, 11) is 0. The highest BCUT2D eigenvalue weighted by Crippen LogP contribution is 2.29. The van der Waals surface area contributed by atoms with Gasteiger partial charge in [0, 0.05) is 26.0 Å². The van der Waals surface area contributed by atoms with Crippen LogP contribution in [0.1, 0.15) is 29.4 Å². The third-order valence-corrected chi connectivity index (χ3v) is 4.40. The molecule has 7 heteroatoms. The summed E-state index contributed by atoms with van der Waals surface area (Å²) in [6.07, 6.45) is 2.25. The lowest BCUT2D eigenvalue weighted by Gasteiger charge is -2.08. The van der Waals surface area contributed by atoms with E-state index in [0.717, 1.165) is 17.8 Å². The van der Waals surface area contributed by atoms with Gasteiger partial charge < -0.3 is 10.1 Å². The van der Waals surface area contributed by atoms with E-state index in [1.165, 1.54) is 6.20 Å². The number of rotatable bonds is 7. The first-order chi connectivity index (χ1) is 12.6. The number of aryl methyl sites for hydroxylation is 1. The molecular formula is C19H21ClN4O2. The van der Waals surface area contributed by atoms with Gasteiger partial charge in [0.05, 0.1) is 27.4 Å².